The van der Waals surface area contributed by atoms with Gasteiger partial charge in [-0.2, -0.15) is 0 Å². The molecule has 1 aliphatic rings. The van der Waals surface area contributed by atoms with Gasteiger partial charge in [-0.15, -0.1) is 0 Å². The fourth-order valence-electron chi connectivity index (χ4n) is 2.49. The quantitative estimate of drug-likeness (QED) is 0.871. The predicted molar refractivity (Wildman–Crippen MR) is 77.7 cm³/mol. The Morgan fingerprint density at radius 1 is 1.24 bits per heavy atom. The molecule has 5 heteroatoms. The zero-order valence-corrected chi connectivity index (χ0v) is 12.0. The van der Waals surface area contributed by atoms with Gasteiger partial charge in [0.25, 0.3) is 0 Å². The molecule has 0 spiro atoms. The van der Waals surface area contributed by atoms with Gasteiger partial charge in [0.1, 0.15) is 6.54 Å². The summed E-state index contributed by atoms with van der Waals surface area (Å²) in [5.41, 5.74) is 0.927. The van der Waals surface area contributed by atoms with Gasteiger partial charge in [0.05, 0.1) is 12.5 Å². The third-order valence-corrected chi connectivity index (χ3v) is 3.57. The van der Waals surface area contributed by atoms with E-state index in [9.17, 15) is 9.59 Å². The number of nitrogens with zero attached hydrogens (tertiary/aromatic N) is 1. The Balaban J connectivity index is 1.97. The molecule has 0 saturated carbocycles. The first-order chi connectivity index (χ1) is 10.1. The van der Waals surface area contributed by atoms with E-state index in [1.165, 1.54) is 4.90 Å². The number of amides is 1. The highest BCUT2D eigenvalue weighted by Crippen LogP contribution is 2.17. The van der Waals surface area contributed by atoms with Gasteiger partial charge in [0.15, 0.2) is 0 Å². The van der Waals surface area contributed by atoms with Gasteiger partial charge in [0, 0.05) is 13.2 Å². The van der Waals surface area contributed by atoms with E-state index < -0.39 is 5.97 Å². The van der Waals surface area contributed by atoms with Crippen LogP contribution in [0.15, 0.2) is 30.3 Å². The number of carbonyl (C=O) groups excluding carboxylic acids is 1. The molecular weight excluding hydrogens is 270 g/mol. The number of carboxylic acids is 1. The van der Waals surface area contributed by atoms with E-state index >= 15 is 0 Å². The second kappa shape index (κ2) is 7.78. The number of carbonyl (C=O) groups is 2. The second-order valence-electron chi connectivity index (χ2n) is 5.32. The van der Waals surface area contributed by atoms with Crippen LogP contribution in [0.3, 0.4) is 0 Å². The molecule has 2 rings (SSSR count). The summed E-state index contributed by atoms with van der Waals surface area (Å²) in [6, 6.07) is 9.42. The molecule has 1 aromatic carbocycles. The lowest BCUT2D eigenvalue weighted by Gasteiger charge is -2.26. The number of rotatable bonds is 6. The van der Waals surface area contributed by atoms with Crippen LogP contribution in [0.2, 0.25) is 0 Å². The number of carboxylic acid groups (broad SMARTS) is 1. The highest BCUT2D eigenvalue weighted by molar-refractivity contribution is 5.81. The van der Waals surface area contributed by atoms with Gasteiger partial charge in [-0.1, -0.05) is 30.3 Å². The minimum Gasteiger partial charge on any atom is -0.480 e. The lowest BCUT2D eigenvalue weighted by atomic mass is 10.1. The Hall–Kier alpha value is -1.88. The van der Waals surface area contributed by atoms with Gasteiger partial charge in [-0.05, 0) is 24.8 Å². The van der Waals surface area contributed by atoms with E-state index in [1.807, 2.05) is 30.3 Å². The molecule has 1 unspecified atom stereocenters. The standard InChI is InChI=1S/C16H21NO4/c18-15(10-14-8-4-5-9-21-14)17(12-16(19)20)11-13-6-2-1-3-7-13/h1-3,6-7,14H,4-5,8-12H2,(H,19,20). The van der Waals surface area contributed by atoms with E-state index in [2.05, 4.69) is 0 Å². The second-order valence-corrected chi connectivity index (χ2v) is 5.32. The summed E-state index contributed by atoms with van der Waals surface area (Å²) in [7, 11) is 0. The van der Waals surface area contributed by atoms with Crippen LogP contribution in [0.4, 0.5) is 0 Å². The van der Waals surface area contributed by atoms with Gasteiger partial charge < -0.3 is 14.7 Å². The van der Waals surface area contributed by atoms with E-state index in [0.29, 0.717) is 13.2 Å². The van der Waals surface area contributed by atoms with Gasteiger partial charge in [0.2, 0.25) is 5.91 Å². The molecule has 1 N–H and O–H groups in total. The van der Waals surface area contributed by atoms with Crippen molar-refractivity contribution in [2.75, 3.05) is 13.2 Å². The topological polar surface area (TPSA) is 66.8 Å². The summed E-state index contributed by atoms with van der Waals surface area (Å²) in [5, 5.41) is 8.99. The molecule has 21 heavy (non-hydrogen) atoms. The molecule has 1 aliphatic heterocycles. The smallest absolute Gasteiger partial charge is 0.323 e. The number of benzene rings is 1. The van der Waals surface area contributed by atoms with Crippen molar-refractivity contribution in [3.8, 4) is 0 Å². The van der Waals surface area contributed by atoms with Crippen molar-refractivity contribution in [2.24, 2.45) is 0 Å². The van der Waals surface area contributed by atoms with Crippen LogP contribution in [0.5, 0.6) is 0 Å². The molecule has 5 nitrogen and oxygen atoms in total. The highest BCUT2D eigenvalue weighted by Gasteiger charge is 2.23. The van der Waals surface area contributed by atoms with E-state index in [1.54, 1.807) is 0 Å². The molecule has 0 aromatic heterocycles. The van der Waals surface area contributed by atoms with Crippen LogP contribution in [-0.2, 0) is 20.9 Å². The van der Waals surface area contributed by atoms with Crippen LogP contribution in [0, 0.1) is 0 Å². The molecule has 1 amide bonds. The fraction of sp³-hybridized carbons (Fsp3) is 0.500. The first-order valence-corrected chi connectivity index (χ1v) is 7.30. The molecule has 1 atom stereocenters. The zero-order chi connectivity index (χ0) is 15.1. The summed E-state index contributed by atoms with van der Waals surface area (Å²) in [4.78, 5) is 24.7. The van der Waals surface area contributed by atoms with E-state index in [-0.39, 0.29) is 25.0 Å². The van der Waals surface area contributed by atoms with Crippen LogP contribution < -0.4 is 0 Å². The normalized spacial score (nSPS) is 18.2. The van der Waals surface area contributed by atoms with Crippen molar-refractivity contribution in [1.82, 2.24) is 4.90 Å². The largest absolute Gasteiger partial charge is 0.480 e. The SMILES string of the molecule is O=C(O)CN(Cc1ccccc1)C(=O)CC1CCCCO1. The van der Waals surface area contributed by atoms with Crippen molar-refractivity contribution in [2.45, 2.75) is 38.3 Å². The van der Waals surface area contributed by atoms with Crippen LogP contribution in [-0.4, -0.2) is 41.1 Å². The number of aliphatic carboxylic acids is 1. The molecule has 1 heterocycles. The van der Waals surface area contributed by atoms with Crippen molar-refractivity contribution < 1.29 is 19.4 Å². The molecular formula is C16H21NO4. The number of hydrogen-bond acceptors (Lipinski definition) is 3. The molecule has 1 aromatic rings. The Labute approximate surface area is 124 Å². The van der Waals surface area contributed by atoms with Gasteiger partial charge in [-0.3, -0.25) is 9.59 Å². The maximum Gasteiger partial charge on any atom is 0.323 e. The first-order valence-electron chi connectivity index (χ1n) is 7.30. The lowest BCUT2D eigenvalue weighted by Crippen LogP contribution is -2.37. The first kappa shape index (κ1) is 15.5. The average Bonchev–Trinajstić information content (AvgIpc) is 2.48. The molecule has 0 aliphatic carbocycles. The van der Waals surface area contributed by atoms with Crippen molar-refractivity contribution in [1.29, 1.82) is 0 Å². The van der Waals surface area contributed by atoms with Crippen molar-refractivity contribution in [3.05, 3.63) is 35.9 Å². The van der Waals surface area contributed by atoms with Crippen LogP contribution in [0.1, 0.15) is 31.2 Å². The lowest BCUT2D eigenvalue weighted by molar-refractivity contribution is -0.146. The van der Waals surface area contributed by atoms with E-state index in [0.717, 1.165) is 24.8 Å². The van der Waals surface area contributed by atoms with Gasteiger partial charge in [-0.25, -0.2) is 0 Å². The summed E-state index contributed by atoms with van der Waals surface area (Å²) in [6.07, 6.45) is 3.17. The van der Waals surface area contributed by atoms with Crippen molar-refractivity contribution >= 4 is 11.9 Å². The molecule has 114 valence electrons. The molecule has 1 saturated heterocycles. The zero-order valence-electron chi connectivity index (χ0n) is 12.0. The number of hydrogen-bond donors (Lipinski definition) is 1. The van der Waals surface area contributed by atoms with Crippen LogP contribution >= 0.6 is 0 Å². The third kappa shape index (κ3) is 5.19. The summed E-state index contributed by atoms with van der Waals surface area (Å²) >= 11 is 0. The Bertz CT molecular complexity index is 468. The minimum atomic E-state index is -0.996. The highest BCUT2D eigenvalue weighted by atomic mass is 16.5. The van der Waals surface area contributed by atoms with E-state index in [4.69, 9.17) is 9.84 Å². The number of ether oxygens (including phenoxy) is 1. The third-order valence-electron chi connectivity index (χ3n) is 3.57. The minimum absolute atomic E-state index is 0.0710. The fourth-order valence-corrected chi connectivity index (χ4v) is 2.49. The summed E-state index contributed by atoms with van der Waals surface area (Å²) in [5.74, 6) is -1.16. The molecule has 0 radical (unpaired) electrons. The summed E-state index contributed by atoms with van der Waals surface area (Å²) in [6.45, 7) is 0.731. The van der Waals surface area contributed by atoms with Gasteiger partial charge >= 0.3 is 5.97 Å². The molecule has 0 bridgehead atoms. The van der Waals surface area contributed by atoms with Crippen LogP contribution in [0.25, 0.3) is 0 Å². The predicted octanol–water partition coefficient (Wildman–Crippen LogP) is 2.06. The maximum absolute atomic E-state index is 12.3. The Morgan fingerprint density at radius 2 is 2.00 bits per heavy atom. The maximum atomic E-state index is 12.3. The monoisotopic (exact) mass is 291 g/mol. The van der Waals surface area contributed by atoms with Crippen molar-refractivity contribution in [3.63, 3.8) is 0 Å². The summed E-state index contributed by atoms with van der Waals surface area (Å²) < 4.78 is 5.56. The Kier molecular flexibility index (Phi) is 5.75. The Morgan fingerprint density at radius 3 is 2.62 bits per heavy atom. The molecule has 1 fully saturated rings. The average molecular weight is 291 g/mol.